The van der Waals surface area contributed by atoms with E-state index in [1.54, 1.807) is 5.57 Å². The zero-order valence-electron chi connectivity index (χ0n) is 23.2. The van der Waals surface area contributed by atoms with E-state index in [1.165, 1.54) is 55.2 Å². The van der Waals surface area contributed by atoms with Gasteiger partial charge in [0, 0.05) is 0 Å². The van der Waals surface area contributed by atoms with Gasteiger partial charge in [0.2, 0.25) is 0 Å². The van der Waals surface area contributed by atoms with Crippen LogP contribution >= 0.6 is 0 Å². The molecule has 8 atom stereocenters. The van der Waals surface area contributed by atoms with Gasteiger partial charge in [-0.25, -0.2) is 0 Å². The van der Waals surface area contributed by atoms with Crippen LogP contribution in [0.25, 0.3) is 5.57 Å². The Balaban J connectivity index is 1.22. The molecule has 0 unspecified atom stereocenters. The van der Waals surface area contributed by atoms with Crippen molar-refractivity contribution in [2.75, 3.05) is 0 Å². The van der Waals surface area contributed by atoms with Crippen molar-refractivity contribution in [1.29, 1.82) is 0 Å². The highest BCUT2D eigenvalue weighted by Gasteiger charge is 2.59. The van der Waals surface area contributed by atoms with Gasteiger partial charge in [0.25, 0.3) is 0 Å². The highest BCUT2D eigenvalue weighted by molar-refractivity contribution is 5.79. The number of aliphatic hydroxyl groups excluding tert-OH is 1. The molecule has 1 N–H and O–H groups in total. The Hall–Kier alpha value is -2.12. The van der Waals surface area contributed by atoms with E-state index in [9.17, 15) is 5.11 Å². The molecule has 0 aromatic heterocycles. The van der Waals surface area contributed by atoms with E-state index in [2.05, 4.69) is 93.6 Å². The summed E-state index contributed by atoms with van der Waals surface area (Å²) >= 11 is 0. The molecule has 0 aliphatic heterocycles. The Morgan fingerprint density at radius 1 is 0.892 bits per heavy atom. The van der Waals surface area contributed by atoms with Crippen LogP contribution in [-0.2, 0) is 0 Å². The quantitative estimate of drug-likeness (QED) is 0.411. The molecule has 2 aromatic carbocycles. The number of fused-ring (bicyclic) bond motifs is 5. The van der Waals surface area contributed by atoms with Crippen molar-refractivity contribution >= 4 is 5.57 Å². The van der Waals surface area contributed by atoms with Crippen molar-refractivity contribution in [3.8, 4) is 0 Å². The van der Waals surface area contributed by atoms with Gasteiger partial charge in [0.05, 0.1) is 6.10 Å². The summed E-state index contributed by atoms with van der Waals surface area (Å²) in [7, 11) is 0. The van der Waals surface area contributed by atoms with E-state index in [1.807, 2.05) is 0 Å². The van der Waals surface area contributed by atoms with Gasteiger partial charge >= 0.3 is 0 Å². The van der Waals surface area contributed by atoms with Crippen molar-refractivity contribution in [2.24, 2.45) is 40.4 Å². The van der Waals surface area contributed by atoms with Crippen LogP contribution in [0.1, 0.15) is 89.7 Å². The van der Waals surface area contributed by atoms with Crippen LogP contribution < -0.4 is 0 Å². The second-order valence-electron chi connectivity index (χ2n) is 13.4. The maximum atomic E-state index is 10.3. The molecule has 0 bridgehead atoms. The molecule has 4 aliphatic rings. The van der Waals surface area contributed by atoms with Gasteiger partial charge in [-0.15, -0.1) is 0 Å². The smallest absolute Gasteiger partial charge is 0.0577 e. The third kappa shape index (κ3) is 4.36. The number of rotatable bonds is 5. The molecule has 0 amide bonds. The van der Waals surface area contributed by atoms with Gasteiger partial charge in [-0.1, -0.05) is 99.2 Å². The van der Waals surface area contributed by atoms with E-state index in [0.717, 1.165) is 42.9 Å². The Morgan fingerprint density at radius 3 is 2.24 bits per heavy atom. The normalized spacial score (nSPS) is 37.5. The highest BCUT2D eigenvalue weighted by atomic mass is 16.3. The van der Waals surface area contributed by atoms with E-state index in [4.69, 9.17) is 0 Å². The van der Waals surface area contributed by atoms with Gasteiger partial charge in [-0.05, 0) is 115 Å². The monoisotopic (exact) mass is 494 g/mol. The summed E-state index contributed by atoms with van der Waals surface area (Å²) in [5.74, 6) is 4.05. The maximum absolute atomic E-state index is 10.3. The summed E-state index contributed by atoms with van der Waals surface area (Å²) in [6, 6.07) is 21.9. The maximum Gasteiger partial charge on any atom is 0.0577 e. The molecule has 1 heteroatoms. The van der Waals surface area contributed by atoms with Gasteiger partial charge < -0.3 is 5.11 Å². The fraction of sp³-hybridized carbons (Fsp3) is 0.556. The number of aliphatic hydroxyl groups is 1. The number of benzene rings is 2. The van der Waals surface area contributed by atoms with Crippen LogP contribution in [0, 0.1) is 40.4 Å². The summed E-state index contributed by atoms with van der Waals surface area (Å²) in [6.07, 6.45) is 16.2. The average molecular weight is 495 g/mol. The first kappa shape index (κ1) is 25.2. The molecular formula is C36H46O. The molecule has 196 valence electrons. The van der Waals surface area contributed by atoms with Crippen LogP contribution in [0.3, 0.4) is 0 Å². The fourth-order valence-electron chi connectivity index (χ4n) is 9.72. The van der Waals surface area contributed by atoms with Crippen molar-refractivity contribution in [2.45, 2.75) is 84.7 Å². The molecule has 37 heavy (non-hydrogen) atoms. The Kier molecular flexibility index (Phi) is 6.72. The largest absolute Gasteiger partial charge is 0.393 e. The van der Waals surface area contributed by atoms with Gasteiger partial charge in [0.1, 0.15) is 0 Å². The lowest BCUT2D eigenvalue weighted by molar-refractivity contribution is -0.0565. The first-order valence-electron chi connectivity index (χ1n) is 15.1. The standard InChI is InChI=1S/C36H46O/c1-25(14-16-30(26-10-6-4-7-11-26)27-12-8-5-9-13-27)32-18-19-33-31-17-15-28-24-29(37)20-22-35(28,2)34(31)21-23-36(32,33)3/h4-13,15-16,25,29,31-34,37H,14,17-24H2,1-3H3/t25-,29+,31+,32-,33-,34-,35+,36-/m1/s1. The highest BCUT2D eigenvalue weighted by Crippen LogP contribution is 2.67. The second-order valence-corrected chi connectivity index (χ2v) is 13.4. The van der Waals surface area contributed by atoms with Crippen LogP contribution in [0.15, 0.2) is 78.4 Å². The van der Waals surface area contributed by atoms with Crippen LogP contribution in [0.5, 0.6) is 0 Å². The lowest BCUT2D eigenvalue weighted by atomic mass is 9.47. The zero-order valence-corrected chi connectivity index (χ0v) is 23.2. The van der Waals surface area contributed by atoms with Gasteiger partial charge in [-0.3, -0.25) is 0 Å². The first-order chi connectivity index (χ1) is 17.9. The van der Waals surface area contributed by atoms with Crippen LogP contribution in [-0.4, -0.2) is 11.2 Å². The van der Waals surface area contributed by atoms with E-state index >= 15 is 0 Å². The van der Waals surface area contributed by atoms with Gasteiger partial charge in [0.15, 0.2) is 0 Å². The summed E-state index contributed by atoms with van der Waals surface area (Å²) in [4.78, 5) is 0. The van der Waals surface area contributed by atoms with E-state index in [0.29, 0.717) is 16.7 Å². The zero-order chi connectivity index (χ0) is 25.6. The number of hydrogen-bond donors (Lipinski definition) is 1. The molecule has 3 fully saturated rings. The van der Waals surface area contributed by atoms with Crippen molar-refractivity contribution in [3.63, 3.8) is 0 Å². The summed E-state index contributed by atoms with van der Waals surface area (Å²) < 4.78 is 0. The Bertz CT molecular complexity index is 1100. The van der Waals surface area contributed by atoms with Gasteiger partial charge in [-0.2, -0.15) is 0 Å². The number of hydrogen-bond acceptors (Lipinski definition) is 1. The van der Waals surface area contributed by atoms with Crippen LogP contribution in [0.2, 0.25) is 0 Å². The topological polar surface area (TPSA) is 20.2 Å². The summed E-state index contributed by atoms with van der Waals surface area (Å²) in [5, 5.41) is 10.3. The minimum atomic E-state index is -0.105. The minimum Gasteiger partial charge on any atom is -0.393 e. The Labute approximate surface area is 225 Å². The van der Waals surface area contributed by atoms with E-state index < -0.39 is 0 Å². The number of allylic oxidation sites excluding steroid dienone is 2. The van der Waals surface area contributed by atoms with Crippen molar-refractivity contribution < 1.29 is 5.11 Å². The second kappa shape index (κ2) is 9.88. The molecule has 2 aromatic rings. The minimum absolute atomic E-state index is 0.105. The molecule has 1 nitrogen and oxygen atoms in total. The SMILES string of the molecule is C[C@H](CC=C(c1ccccc1)c1ccccc1)[C@H]1CC[C@@H]2[C@@H]3CC=C4C[C@@H](O)CC[C@]4(C)[C@@H]3CC[C@@]21C. The lowest BCUT2D eigenvalue weighted by Crippen LogP contribution is -2.50. The Morgan fingerprint density at radius 2 is 1.57 bits per heavy atom. The van der Waals surface area contributed by atoms with E-state index in [-0.39, 0.29) is 6.10 Å². The lowest BCUT2D eigenvalue weighted by Gasteiger charge is -2.58. The summed E-state index contributed by atoms with van der Waals surface area (Å²) in [6.45, 7) is 7.77. The first-order valence-corrected chi connectivity index (χ1v) is 15.1. The third-order valence-electron chi connectivity index (χ3n) is 11.7. The molecule has 3 saturated carbocycles. The molecule has 0 saturated heterocycles. The fourth-order valence-corrected chi connectivity index (χ4v) is 9.72. The molecule has 0 heterocycles. The summed E-state index contributed by atoms with van der Waals surface area (Å²) in [5.41, 5.74) is 6.45. The molecule has 0 radical (unpaired) electrons. The average Bonchev–Trinajstić information content (AvgIpc) is 3.28. The molecule has 6 rings (SSSR count). The van der Waals surface area contributed by atoms with Crippen molar-refractivity contribution in [1.82, 2.24) is 0 Å². The molecular weight excluding hydrogens is 448 g/mol. The predicted molar refractivity (Wildman–Crippen MR) is 155 cm³/mol. The third-order valence-corrected chi connectivity index (χ3v) is 11.7. The molecule has 0 spiro atoms. The van der Waals surface area contributed by atoms with Crippen molar-refractivity contribution in [3.05, 3.63) is 89.5 Å². The predicted octanol–water partition coefficient (Wildman–Crippen LogP) is 9.08. The van der Waals surface area contributed by atoms with Crippen LogP contribution in [0.4, 0.5) is 0 Å². The molecule has 4 aliphatic carbocycles.